The standard InChI is InChI=1S/C30H22ClN3O3S/c1-2-37-29(36)25-26(18-8-4-3-5-9-18)33-30-34(27(25)19-12-14-21(31)15-13-19)28(35)24(38-30)16-20-17-32-23-11-7-6-10-22(20)23/h3-17,27,32H,2H2,1H3/b24-16+. The van der Waals surface area contributed by atoms with Gasteiger partial charge in [0.25, 0.3) is 5.56 Å². The predicted molar refractivity (Wildman–Crippen MR) is 151 cm³/mol. The van der Waals surface area contributed by atoms with Crippen LogP contribution in [0.2, 0.25) is 5.02 Å². The second-order valence-corrected chi connectivity index (χ2v) is 10.2. The number of hydrogen-bond acceptors (Lipinski definition) is 5. The van der Waals surface area contributed by atoms with Crippen molar-refractivity contribution in [1.29, 1.82) is 0 Å². The van der Waals surface area contributed by atoms with E-state index in [-0.39, 0.29) is 12.2 Å². The normalized spacial score (nSPS) is 15.4. The molecule has 0 saturated heterocycles. The molecule has 6 nitrogen and oxygen atoms in total. The van der Waals surface area contributed by atoms with Crippen molar-refractivity contribution in [3.63, 3.8) is 0 Å². The number of thiazole rings is 1. The van der Waals surface area contributed by atoms with Gasteiger partial charge in [-0.1, -0.05) is 83.6 Å². The highest BCUT2D eigenvalue weighted by atomic mass is 35.5. The first-order valence-electron chi connectivity index (χ1n) is 12.1. The van der Waals surface area contributed by atoms with Gasteiger partial charge in [-0.05, 0) is 36.8 Å². The van der Waals surface area contributed by atoms with E-state index in [0.29, 0.717) is 25.6 Å². The molecule has 0 bridgehead atoms. The molecule has 188 valence electrons. The number of benzene rings is 3. The molecule has 1 atom stereocenters. The largest absolute Gasteiger partial charge is 0.463 e. The van der Waals surface area contributed by atoms with E-state index >= 15 is 0 Å². The fourth-order valence-electron chi connectivity index (χ4n) is 4.76. The van der Waals surface area contributed by atoms with Gasteiger partial charge in [0, 0.05) is 33.2 Å². The molecule has 1 aliphatic rings. The van der Waals surface area contributed by atoms with E-state index in [4.69, 9.17) is 21.3 Å². The fourth-order valence-corrected chi connectivity index (χ4v) is 5.87. The van der Waals surface area contributed by atoms with Crippen LogP contribution in [0.5, 0.6) is 0 Å². The summed E-state index contributed by atoms with van der Waals surface area (Å²) >= 11 is 7.49. The lowest BCUT2D eigenvalue weighted by Crippen LogP contribution is -2.40. The minimum Gasteiger partial charge on any atom is -0.463 e. The van der Waals surface area contributed by atoms with Crippen molar-refractivity contribution in [3.05, 3.63) is 132 Å². The summed E-state index contributed by atoms with van der Waals surface area (Å²) in [7, 11) is 0. The Morgan fingerprint density at radius 3 is 2.58 bits per heavy atom. The van der Waals surface area contributed by atoms with E-state index in [9.17, 15) is 9.59 Å². The maximum atomic E-state index is 14.0. The topological polar surface area (TPSA) is 76.4 Å². The Morgan fingerprint density at radius 1 is 1.08 bits per heavy atom. The monoisotopic (exact) mass is 539 g/mol. The van der Waals surface area contributed by atoms with E-state index in [1.165, 1.54) is 11.3 Å². The third-order valence-corrected chi connectivity index (χ3v) is 7.70. The minimum absolute atomic E-state index is 0.197. The van der Waals surface area contributed by atoms with Crippen LogP contribution in [0.3, 0.4) is 0 Å². The Morgan fingerprint density at radius 2 is 1.82 bits per heavy atom. The van der Waals surface area contributed by atoms with Gasteiger partial charge in [0.15, 0.2) is 4.80 Å². The van der Waals surface area contributed by atoms with Crippen molar-refractivity contribution in [3.8, 4) is 0 Å². The van der Waals surface area contributed by atoms with E-state index in [1.54, 1.807) is 23.6 Å². The summed E-state index contributed by atoms with van der Waals surface area (Å²) < 4.78 is 7.61. The summed E-state index contributed by atoms with van der Waals surface area (Å²) in [6.07, 6.45) is 3.76. The summed E-state index contributed by atoms with van der Waals surface area (Å²) in [6.45, 7) is 1.96. The zero-order valence-corrected chi connectivity index (χ0v) is 21.9. The molecule has 0 fully saturated rings. The first-order chi connectivity index (χ1) is 18.5. The SMILES string of the molecule is CCOC(=O)C1=C(c2ccccc2)N=c2s/c(=C/c3c[nH]c4ccccc34)c(=O)n2C1c1ccc(Cl)cc1. The molecule has 3 heterocycles. The van der Waals surface area contributed by atoms with E-state index < -0.39 is 12.0 Å². The Hall–Kier alpha value is -4.20. The van der Waals surface area contributed by atoms with E-state index in [2.05, 4.69) is 4.98 Å². The molecule has 3 aromatic carbocycles. The lowest BCUT2D eigenvalue weighted by molar-refractivity contribution is -0.138. The minimum atomic E-state index is -0.733. The van der Waals surface area contributed by atoms with Gasteiger partial charge in [-0.15, -0.1) is 0 Å². The van der Waals surface area contributed by atoms with Crippen molar-refractivity contribution in [2.75, 3.05) is 6.61 Å². The number of nitrogens with one attached hydrogen (secondary N) is 1. The van der Waals surface area contributed by atoms with Crippen LogP contribution in [0.4, 0.5) is 0 Å². The highest BCUT2D eigenvalue weighted by Gasteiger charge is 2.35. The quantitative estimate of drug-likeness (QED) is 0.317. The number of aromatic nitrogens is 2. The second-order valence-electron chi connectivity index (χ2n) is 8.77. The molecule has 38 heavy (non-hydrogen) atoms. The molecule has 1 aliphatic heterocycles. The Kier molecular flexibility index (Phi) is 6.31. The molecule has 2 aromatic heterocycles. The molecular weight excluding hydrogens is 518 g/mol. The Labute approximate surface area is 226 Å². The number of para-hydroxylation sites is 1. The molecule has 8 heteroatoms. The van der Waals surface area contributed by atoms with E-state index in [1.807, 2.05) is 79.0 Å². The van der Waals surface area contributed by atoms with E-state index in [0.717, 1.165) is 27.6 Å². The number of H-pyrrole nitrogens is 1. The number of nitrogens with zero attached hydrogens (tertiary/aromatic N) is 2. The molecule has 0 saturated carbocycles. The van der Waals surface area contributed by atoms with Gasteiger partial charge in [-0.3, -0.25) is 9.36 Å². The zero-order chi connectivity index (χ0) is 26.2. The van der Waals surface area contributed by atoms with Crippen LogP contribution in [0.1, 0.15) is 29.7 Å². The van der Waals surface area contributed by atoms with Gasteiger partial charge in [0.1, 0.15) is 0 Å². The second kappa shape index (κ2) is 9.93. The molecule has 6 rings (SSSR count). The summed E-state index contributed by atoms with van der Waals surface area (Å²) in [4.78, 5) is 36.1. The van der Waals surface area contributed by atoms with Crippen LogP contribution < -0.4 is 14.9 Å². The number of esters is 1. The predicted octanol–water partition coefficient (Wildman–Crippen LogP) is 5.07. The van der Waals surface area contributed by atoms with Crippen LogP contribution >= 0.6 is 22.9 Å². The highest BCUT2D eigenvalue weighted by molar-refractivity contribution is 7.07. The number of ether oxygens (including phenoxy) is 1. The van der Waals surface area contributed by atoms with Crippen molar-refractivity contribution < 1.29 is 9.53 Å². The van der Waals surface area contributed by atoms with Gasteiger partial charge in [-0.2, -0.15) is 0 Å². The van der Waals surface area contributed by atoms with Gasteiger partial charge >= 0.3 is 5.97 Å². The number of hydrogen-bond donors (Lipinski definition) is 1. The average Bonchev–Trinajstić information content (AvgIpc) is 3.49. The maximum Gasteiger partial charge on any atom is 0.338 e. The van der Waals surface area contributed by atoms with Crippen molar-refractivity contribution in [1.82, 2.24) is 9.55 Å². The van der Waals surface area contributed by atoms with Gasteiger partial charge in [0.05, 0.1) is 28.5 Å². The van der Waals surface area contributed by atoms with Crippen LogP contribution in [0.15, 0.2) is 100 Å². The summed E-state index contributed by atoms with van der Waals surface area (Å²) in [5.41, 5.74) is 3.97. The molecule has 1 unspecified atom stereocenters. The average molecular weight is 540 g/mol. The first-order valence-corrected chi connectivity index (χ1v) is 13.3. The zero-order valence-electron chi connectivity index (χ0n) is 20.4. The lowest BCUT2D eigenvalue weighted by atomic mass is 9.93. The van der Waals surface area contributed by atoms with Gasteiger partial charge in [0.2, 0.25) is 0 Å². The summed E-state index contributed by atoms with van der Waals surface area (Å²) in [6, 6.07) is 23.9. The third-order valence-electron chi connectivity index (χ3n) is 6.47. The molecule has 0 radical (unpaired) electrons. The Balaban J connectivity index is 1.65. The molecule has 0 spiro atoms. The van der Waals surface area contributed by atoms with Crippen LogP contribution in [-0.4, -0.2) is 22.1 Å². The van der Waals surface area contributed by atoms with Crippen molar-refractivity contribution in [2.45, 2.75) is 13.0 Å². The maximum absolute atomic E-state index is 14.0. The van der Waals surface area contributed by atoms with Crippen molar-refractivity contribution >= 4 is 51.6 Å². The van der Waals surface area contributed by atoms with Crippen molar-refractivity contribution in [2.24, 2.45) is 4.99 Å². The Bertz CT molecular complexity index is 1880. The summed E-state index contributed by atoms with van der Waals surface area (Å²) in [5, 5.41) is 1.58. The van der Waals surface area contributed by atoms with Gasteiger partial charge in [-0.25, -0.2) is 9.79 Å². The molecular formula is C30H22ClN3O3S. The number of carbonyl (C=O) groups is 1. The van der Waals surface area contributed by atoms with Crippen LogP contribution in [0, 0.1) is 0 Å². The molecule has 0 aliphatic carbocycles. The van der Waals surface area contributed by atoms with Crippen LogP contribution in [-0.2, 0) is 9.53 Å². The molecule has 0 amide bonds. The highest BCUT2D eigenvalue weighted by Crippen LogP contribution is 2.35. The number of rotatable bonds is 5. The third kappa shape index (κ3) is 4.20. The first kappa shape index (κ1) is 24.2. The number of halogens is 1. The van der Waals surface area contributed by atoms with Gasteiger partial charge < -0.3 is 9.72 Å². The number of fused-ring (bicyclic) bond motifs is 2. The lowest BCUT2D eigenvalue weighted by Gasteiger charge is -2.25. The number of aromatic amines is 1. The van der Waals surface area contributed by atoms with Crippen LogP contribution in [0.25, 0.3) is 22.7 Å². The summed E-state index contributed by atoms with van der Waals surface area (Å²) in [5.74, 6) is -0.513. The number of carbonyl (C=O) groups excluding carboxylic acids is 1. The molecule has 5 aromatic rings. The molecule has 1 N–H and O–H groups in total. The smallest absolute Gasteiger partial charge is 0.338 e. The fraction of sp³-hybridized carbons (Fsp3) is 0.100.